The lowest BCUT2D eigenvalue weighted by Gasteiger charge is -2.22. The Bertz CT molecular complexity index is 420. The minimum absolute atomic E-state index is 0.0464. The van der Waals surface area contributed by atoms with Crippen molar-refractivity contribution >= 4 is 5.91 Å². The van der Waals surface area contributed by atoms with Crippen LogP contribution < -0.4 is 5.73 Å². The molecule has 2 N–H and O–H groups in total. The second-order valence-electron chi connectivity index (χ2n) is 4.63. The number of rotatable bonds is 7. The summed E-state index contributed by atoms with van der Waals surface area (Å²) in [6.45, 7) is 7.96. The summed E-state index contributed by atoms with van der Waals surface area (Å²) in [6, 6.07) is 1.83. The summed E-state index contributed by atoms with van der Waals surface area (Å²) in [5.41, 5.74) is 7.75. The maximum absolute atomic E-state index is 12.6. The van der Waals surface area contributed by atoms with Crippen LogP contribution in [-0.2, 0) is 6.42 Å². The first-order valence-electron chi connectivity index (χ1n) is 6.96. The highest BCUT2D eigenvalue weighted by molar-refractivity contribution is 5.95. The maximum Gasteiger partial charge on any atom is 0.255 e. The van der Waals surface area contributed by atoms with Gasteiger partial charge in [0, 0.05) is 13.1 Å². The van der Waals surface area contributed by atoms with Gasteiger partial charge >= 0.3 is 0 Å². The minimum Gasteiger partial charge on any atom is -0.339 e. The van der Waals surface area contributed by atoms with Crippen LogP contribution in [0, 0.1) is 6.92 Å². The fourth-order valence-electron chi connectivity index (χ4n) is 2.00. The van der Waals surface area contributed by atoms with Crippen molar-refractivity contribution < 1.29 is 4.79 Å². The first kappa shape index (κ1) is 15.6. The van der Waals surface area contributed by atoms with Crippen molar-refractivity contribution in [2.24, 2.45) is 5.73 Å². The molecule has 1 aromatic rings. The van der Waals surface area contributed by atoms with Crippen LogP contribution in [0.4, 0.5) is 0 Å². The summed E-state index contributed by atoms with van der Waals surface area (Å²) in [5.74, 6) is 0.0464. The summed E-state index contributed by atoms with van der Waals surface area (Å²) < 4.78 is 0. The minimum atomic E-state index is 0.0464. The lowest BCUT2D eigenvalue weighted by molar-refractivity contribution is 0.0752. The lowest BCUT2D eigenvalue weighted by Crippen LogP contribution is -2.34. The number of nitrogens with two attached hydrogens (primary N) is 1. The number of nitrogens with zero attached hydrogens (tertiary/aromatic N) is 3. The van der Waals surface area contributed by atoms with Gasteiger partial charge in [0.15, 0.2) is 0 Å². The van der Waals surface area contributed by atoms with Crippen LogP contribution in [0.5, 0.6) is 0 Å². The normalized spacial score (nSPS) is 10.5. The van der Waals surface area contributed by atoms with Crippen molar-refractivity contribution in [3.8, 4) is 0 Å². The molecule has 0 aliphatic rings. The molecule has 0 aliphatic heterocycles. The summed E-state index contributed by atoms with van der Waals surface area (Å²) in [7, 11) is 0. The predicted octanol–water partition coefficient (Wildman–Crippen LogP) is 1.55. The predicted molar refractivity (Wildman–Crippen MR) is 76.0 cm³/mol. The van der Waals surface area contributed by atoms with Crippen LogP contribution in [0.3, 0.4) is 0 Å². The van der Waals surface area contributed by atoms with E-state index >= 15 is 0 Å². The quantitative estimate of drug-likeness (QED) is 0.811. The van der Waals surface area contributed by atoms with E-state index in [9.17, 15) is 4.79 Å². The van der Waals surface area contributed by atoms with Crippen molar-refractivity contribution in [2.75, 3.05) is 19.6 Å². The van der Waals surface area contributed by atoms with E-state index in [0.29, 0.717) is 25.1 Å². The Hall–Kier alpha value is -1.49. The second-order valence-corrected chi connectivity index (χ2v) is 4.63. The SMILES string of the molecule is CCCN(CCCN)C(=O)c1cc(C)nnc1CC. The van der Waals surface area contributed by atoms with Gasteiger partial charge in [-0.2, -0.15) is 10.2 Å². The molecule has 0 saturated heterocycles. The Morgan fingerprint density at radius 3 is 2.63 bits per heavy atom. The highest BCUT2D eigenvalue weighted by Gasteiger charge is 2.18. The van der Waals surface area contributed by atoms with Crippen LogP contribution in [0.2, 0.25) is 0 Å². The molecule has 0 fully saturated rings. The van der Waals surface area contributed by atoms with E-state index in [0.717, 1.165) is 30.8 Å². The summed E-state index contributed by atoms with van der Waals surface area (Å²) in [5, 5.41) is 8.14. The summed E-state index contributed by atoms with van der Waals surface area (Å²) in [4.78, 5) is 14.5. The van der Waals surface area contributed by atoms with Gasteiger partial charge < -0.3 is 10.6 Å². The van der Waals surface area contributed by atoms with Gasteiger partial charge in [0.05, 0.1) is 17.0 Å². The van der Waals surface area contributed by atoms with Crippen LogP contribution >= 0.6 is 0 Å². The molecular weight excluding hydrogens is 240 g/mol. The summed E-state index contributed by atoms with van der Waals surface area (Å²) in [6.07, 6.45) is 2.48. The average Bonchev–Trinajstić information content (AvgIpc) is 2.42. The Labute approximate surface area is 115 Å². The molecule has 1 aromatic heterocycles. The van der Waals surface area contributed by atoms with E-state index in [1.54, 1.807) is 0 Å². The van der Waals surface area contributed by atoms with E-state index in [1.807, 2.05) is 24.8 Å². The van der Waals surface area contributed by atoms with Gasteiger partial charge in [-0.25, -0.2) is 0 Å². The van der Waals surface area contributed by atoms with Gasteiger partial charge in [-0.3, -0.25) is 4.79 Å². The molecule has 5 heteroatoms. The number of aryl methyl sites for hydroxylation is 2. The zero-order chi connectivity index (χ0) is 14.3. The molecule has 0 aromatic carbocycles. The fraction of sp³-hybridized carbons (Fsp3) is 0.643. The first-order valence-corrected chi connectivity index (χ1v) is 6.96. The largest absolute Gasteiger partial charge is 0.339 e. The highest BCUT2D eigenvalue weighted by atomic mass is 16.2. The van der Waals surface area contributed by atoms with Gasteiger partial charge in [-0.05, 0) is 38.8 Å². The molecule has 0 unspecified atom stereocenters. The van der Waals surface area contributed by atoms with E-state index in [-0.39, 0.29) is 5.91 Å². The Kier molecular flexibility index (Phi) is 6.42. The second kappa shape index (κ2) is 7.84. The molecule has 1 amide bonds. The molecule has 0 spiro atoms. The molecule has 1 rings (SSSR count). The molecule has 0 atom stereocenters. The number of carbonyl (C=O) groups is 1. The highest BCUT2D eigenvalue weighted by Crippen LogP contribution is 2.12. The zero-order valence-electron chi connectivity index (χ0n) is 12.1. The molecule has 5 nitrogen and oxygen atoms in total. The lowest BCUT2D eigenvalue weighted by atomic mass is 10.1. The fourth-order valence-corrected chi connectivity index (χ4v) is 2.00. The number of hydrogen-bond donors (Lipinski definition) is 1. The van der Waals surface area contributed by atoms with Crippen LogP contribution in [0.1, 0.15) is 48.4 Å². The van der Waals surface area contributed by atoms with E-state index < -0.39 is 0 Å². The van der Waals surface area contributed by atoms with Crippen molar-refractivity contribution in [1.29, 1.82) is 0 Å². The van der Waals surface area contributed by atoms with Crippen LogP contribution in [0.15, 0.2) is 6.07 Å². The van der Waals surface area contributed by atoms with Crippen molar-refractivity contribution in [3.63, 3.8) is 0 Å². The third-order valence-electron chi connectivity index (χ3n) is 2.97. The third-order valence-corrected chi connectivity index (χ3v) is 2.97. The van der Waals surface area contributed by atoms with Gasteiger partial charge in [-0.1, -0.05) is 13.8 Å². The maximum atomic E-state index is 12.6. The zero-order valence-corrected chi connectivity index (χ0v) is 12.1. The Morgan fingerprint density at radius 1 is 1.32 bits per heavy atom. The first-order chi connectivity index (χ1) is 9.13. The molecule has 0 bridgehead atoms. The topological polar surface area (TPSA) is 72.1 Å². The van der Waals surface area contributed by atoms with E-state index in [1.165, 1.54) is 0 Å². The summed E-state index contributed by atoms with van der Waals surface area (Å²) >= 11 is 0. The van der Waals surface area contributed by atoms with Crippen molar-refractivity contribution in [1.82, 2.24) is 15.1 Å². The molecule has 0 aliphatic carbocycles. The molecular formula is C14H24N4O. The molecule has 0 saturated carbocycles. The van der Waals surface area contributed by atoms with E-state index in [2.05, 4.69) is 17.1 Å². The third kappa shape index (κ3) is 4.28. The standard InChI is InChI=1S/C14H24N4O/c1-4-8-18(9-6-7-15)14(19)12-10-11(3)16-17-13(12)5-2/h10H,4-9,15H2,1-3H3. The van der Waals surface area contributed by atoms with Crippen molar-refractivity contribution in [2.45, 2.75) is 40.0 Å². The molecule has 0 radical (unpaired) electrons. The average molecular weight is 264 g/mol. The number of amides is 1. The monoisotopic (exact) mass is 264 g/mol. The Balaban J connectivity index is 2.97. The Morgan fingerprint density at radius 2 is 2.05 bits per heavy atom. The number of hydrogen-bond acceptors (Lipinski definition) is 4. The molecule has 19 heavy (non-hydrogen) atoms. The van der Waals surface area contributed by atoms with Crippen LogP contribution in [0.25, 0.3) is 0 Å². The van der Waals surface area contributed by atoms with Crippen molar-refractivity contribution in [3.05, 3.63) is 23.0 Å². The molecule has 1 heterocycles. The van der Waals surface area contributed by atoms with E-state index in [4.69, 9.17) is 5.73 Å². The van der Waals surface area contributed by atoms with Crippen LogP contribution in [-0.4, -0.2) is 40.6 Å². The van der Waals surface area contributed by atoms with Gasteiger partial charge in [-0.15, -0.1) is 0 Å². The molecule has 106 valence electrons. The van der Waals surface area contributed by atoms with Gasteiger partial charge in [0.25, 0.3) is 5.91 Å². The smallest absolute Gasteiger partial charge is 0.255 e. The number of aromatic nitrogens is 2. The number of carbonyl (C=O) groups excluding carboxylic acids is 1. The van der Waals surface area contributed by atoms with Gasteiger partial charge in [0.1, 0.15) is 0 Å². The van der Waals surface area contributed by atoms with Gasteiger partial charge in [0.2, 0.25) is 0 Å².